The number of nitrogen functional groups attached to an aromatic ring is 1. The van der Waals surface area contributed by atoms with Crippen molar-refractivity contribution in [3.05, 3.63) is 131 Å². The zero-order valence-electron chi connectivity index (χ0n) is 30.8. The topological polar surface area (TPSA) is 145 Å². The summed E-state index contributed by atoms with van der Waals surface area (Å²) in [5.74, 6) is -0.807. The van der Waals surface area contributed by atoms with Gasteiger partial charge in [0.15, 0.2) is 5.60 Å². The maximum Gasteiger partial charge on any atom is 0.264 e. The fourth-order valence-electron chi connectivity index (χ4n) is 8.24. The van der Waals surface area contributed by atoms with E-state index in [1.807, 2.05) is 73.8 Å². The van der Waals surface area contributed by atoms with Gasteiger partial charge < -0.3 is 34.6 Å². The van der Waals surface area contributed by atoms with E-state index in [1.54, 1.807) is 66.2 Å². The largest absolute Gasteiger partial charge is 0.497 e. The van der Waals surface area contributed by atoms with E-state index in [0.29, 0.717) is 52.6 Å². The van der Waals surface area contributed by atoms with Crippen LogP contribution in [0.3, 0.4) is 0 Å². The number of hydrogen-bond acceptors (Lipinski definition) is 8. The van der Waals surface area contributed by atoms with E-state index in [-0.39, 0.29) is 30.9 Å². The molecule has 2 aliphatic rings. The normalized spacial score (nSPS) is 21.3. The van der Waals surface area contributed by atoms with Crippen molar-refractivity contribution in [2.45, 2.75) is 62.7 Å². The van der Waals surface area contributed by atoms with E-state index in [2.05, 4.69) is 15.6 Å². The van der Waals surface area contributed by atoms with E-state index in [9.17, 15) is 14.7 Å². The molecule has 1 unspecified atom stereocenters. The van der Waals surface area contributed by atoms with Crippen molar-refractivity contribution in [1.29, 1.82) is 0 Å². The molecule has 54 heavy (non-hydrogen) atoms. The summed E-state index contributed by atoms with van der Waals surface area (Å²) in [6.07, 6.45) is 1.62. The Morgan fingerprint density at radius 2 is 1.83 bits per heavy atom. The second-order valence-electron chi connectivity index (χ2n) is 14.7. The number of aryl methyl sites for hydroxylation is 1. The Hall–Kier alpha value is -5.37. The molecule has 2 amide bonds. The summed E-state index contributed by atoms with van der Waals surface area (Å²) in [7, 11) is -1.85. The highest BCUT2D eigenvalue weighted by atomic mass is 28.4. The number of carbonyl (C=O) groups excluding carboxylic acids is 2. The molecule has 1 aromatic heterocycles. The molecule has 5 atom stereocenters. The van der Waals surface area contributed by atoms with Gasteiger partial charge >= 0.3 is 0 Å². The lowest BCUT2D eigenvalue weighted by molar-refractivity contribution is -0.146. The SMILES string of the molecule is COc1ccc2c(c1)[C@@]1(O[C@H](CCn3cc(C(CO)c4ccccc4)nn3)[C@@H]([Si](C)(C)F)[C@@H]1C)C(=O)N2Cc1cccc(NC(=O)c2ccc(N)cc2)c1. The van der Waals surface area contributed by atoms with Gasteiger partial charge in [-0.05, 0) is 85.2 Å². The summed E-state index contributed by atoms with van der Waals surface area (Å²) in [5, 5.41) is 21.8. The minimum atomic E-state index is -3.42. The number of aliphatic hydroxyl groups is 1. The number of nitrogens with one attached hydrogen (secondary N) is 1. The van der Waals surface area contributed by atoms with Gasteiger partial charge in [-0.25, -0.2) is 0 Å². The average molecular weight is 749 g/mol. The van der Waals surface area contributed by atoms with E-state index in [0.717, 1.165) is 11.1 Å². The Kier molecular flexibility index (Phi) is 10.1. The van der Waals surface area contributed by atoms with Gasteiger partial charge in [-0.2, -0.15) is 0 Å². The molecule has 0 bridgehead atoms. The molecule has 5 aromatic rings. The molecule has 3 heterocycles. The van der Waals surface area contributed by atoms with Crippen LogP contribution >= 0.6 is 0 Å². The van der Waals surface area contributed by atoms with Crippen molar-refractivity contribution < 1.29 is 28.3 Å². The Morgan fingerprint density at radius 1 is 1.07 bits per heavy atom. The van der Waals surface area contributed by atoms with Gasteiger partial charge in [0.1, 0.15) is 5.75 Å². The first kappa shape index (κ1) is 37.0. The van der Waals surface area contributed by atoms with Gasteiger partial charge in [0.2, 0.25) is 8.41 Å². The third kappa shape index (κ3) is 6.90. The number of carbonyl (C=O) groups is 2. The minimum absolute atomic E-state index is 0.123. The van der Waals surface area contributed by atoms with Crippen molar-refractivity contribution in [3.63, 3.8) is 0 Å². The van der Waals surface area contributed by atoms with Crippen LogP contribution in [0.2, 0.25) is 18.6 Å². The van der Waals surface area contributed by atoms with E-state index in [4.69, 9.17) is 15.2 Å². The number of nitrogens with two attached hydrogens (primary N) is 1. The number of aliphatic hydroxyl groups excluding tert-OH is 1. The van der Waals surface area contributed by atoms with Crippen LogP contribution in [0, 0.1) is 5.92 Å². The number of aromatic nitrogens is 3. The summed E-state index contributed by atoms with van der Waals surface area (Å²) in [5.41, 5.74) is 9.11. The zero-order chi connectivity index (χ0) is 38.2. The second-order valence-corrected chi connectivity index (χ2v) is 18.5. The van der Waals surface area contributed by atoms with Crippen LogP contribution < -0.4 is 20.7 Å². The molecular formula is C41H45FN6O5Si. The third-order valence-corrected chi connectivity index (χ3v) is 13.3. The molecule has 4 aromatic carbocycles. The number of anilines is 3. The molecule has 13 heteroatoms. The average Bonchev–Trinajstić information content (AvgIpc) is 3.82. The van der Waals surface area contributed by atoms with Crippen LogP contribution in [-0.4, -0.2) is 60.1 Å². The van der Waals surface area contributed by atoms with Crippen molar-refractivity contribution in [2.24, 2.45) is 5.92 Å². The second kappa shape index (κ2) is 14.8. The Morgan fingerprint density at radius 3 is 2.54 bits per heavy atom. The first-order valence-corrected chi connectivity index (χ1v) is 21.1. The molecule has 2 aliphatic heterocycles. The standard InChI is InChI=1S/C41H45FN6O5Si/c1-26-38(54(3,4)42)37(19-20-47-24-35(45-46-47)33(25-49)28-10-6-5-7-11-28)53-41(26)34-22-32(52-2)17-18-36(34)48(40(41)51)23-27-9-8-12-31(21-27)44-39(50)29-13-15-30(43)16-14-29/h5-18,21-22,24,26,33,37-38,49H,19-20,23,25,43H2,1-4H3,(H,44,50)/t26-,33?,37+,38-,41+/m0/s1. The number of halogens is 1. The molecular weight excluding hydrogens is 704 g/mol. The molecule has 11 nitrogen and oxygen atoms in total. The van der Waals surface area contributed by atoms with Gasteiger partial charge in [0.05, 0.1) is 43.7 Å². The lowest BCUT2D eigenvalue weighted by atomic mass is 9.82. The smallest absolute Gasteiger partial charge is 0.264 e. The van der Waals surface area contributed by atoms with Crippen LogP contribution in [0.1, 0.15) is 52.0 Å². The third-order valence-electron chi connectivity index (χ3n) is 10.8. The fourth-order valence-corrected chi connectivity index (χ4v) is 10.8. The van der Waals surface area contributed by atoms with Crippen LogP contribution in [0.15, 0.2) is 103 Å². The molecule has 1 saturated heterocycles. The maximum absolute atomic E-state index is 16.5. The molecule has 1 spiro atoms. The Labute approximate surface area is 315 Å². The summed E-state index contributed by atoms with van der Waals surface area (Å²) >= 11 is 0. The van der Waals surface area contributed by atoms with Crippen molar-refractivity contribution in [2.75, 3.05) is 29.7 Å². The molecule has 0 aliphatic carbocycles. The molecule has 0 saturated carbocycles. The highest BCUT2D eigenvalue weighted by molar-refractivity contribution is 6.72. The summed E-state index contributed by atoms with van der Waals surface area (Å²) in [6, 6.07) is 29.2. The first-order valence-electron chi connectivity index (χ1n) is 18.1. The van der Waals surface area contributed by atoms with Crippen LogP contribution in [0.25, 0.3) is 0 Å². The molecule has 4 N–H and O–H groups in total. The van der Waals surface area contributed by atoms with Crippen LogP contribution in [0.5, 0.6) is 5.75 Å². The highest BCUT2D eigenvalue weighted by Gasteiger charge is 2.66. The monoisotopic (exact) mass is 748 g/mol. The van der Waals surface area contributed by atoms with Crippen molar-refractivity contribution >= 4 is 37.3 Å². The van der Waals surface area contributed by atoms with E-state index in [1.165, 1.54) is 0 Å². The number of hydrogen-bond donors (Lipinski definition) is 3. The molecule has 0 radical (unpaired) electrons. The number of methoxy groups -OCH3 is 1. The lowest BCUT2D eigenvalue weighted by Crippen LogP contribution is -2.45. The quantitative estimate of drug-likeness (QED) is 0.0731. The van der Waals surface area contributed by atoms with E-state index < -0.39 is 31.6 Å². The van der Waals surface area contributed by atoms with Gasteiger partial charge in [-0.15, -0.1) is 5.10 Å². The number of rotatable bonds is 12. The number of nitrogens with zero attached hydrogens (tertiary/aromatic N) is 4. The number of benzene rings is 4. The summed E-state index contributed by atoms with van der Waals surface area (Å²) in [4.78, 5) is 29.6. The molecule has 280 valence electrons. The van der Waals surface area contributed by atoms with Gasteiger partial charge in [-0.3, -0.25) is 14.3 Å². The predicted molar refractivity (Wildman–Crippen MR) is 207 cm³/mol. The van der Waals surface area contributed by atoms with Crippen molar-refractivity contribution in [1.82, 2.24) is 15.0 Å². The number of fused-ring (bicyclic) bond motifs is 2. The maximum atomic E-state index is 16.5. The predicted octanol–water partition coefficient (Wildman–Crippen LogP) is 6.66. The number of ether oxygens (including phenoxy) is 2. The summed E-state index contributed by atoms with van der Waals surface area (Å²) in [6.45, 7) is 5.74. The minimum Gasteiger partial charge on any atom is -0.497 e. The van der Waals surface area contributed by atoms with E-state index >= 15 is 4.11 Å². The van der Waals surface area contributed by atoms with Crippen molar-refractivity contribution in [3.8, 4) is 5.75 Å². The number of amides is 2. The first-order chi connectivity index (χ1) is 25.9. The van der Waals surface area contributed by atoms with Crippen LogP contribution in [0.4, 0.5) is 21.2 Å². The van der Waals surface area contributed by atoms with Gasteiger partial charge in [-0.1, -0.05) is 54.6 Å². The lowest BCUT2D eigenvalue weighted by Gasteiger charge is -2.31. The zero-order valence-corrected chi connectivity index (χ0v) is 31.8. The summed E-state index contributed by atoms with van der Waals surface area (Å²) < 4.78 is 30.8. The highest BCUT2D eigenvalue weighted by Crippen LogP contribution is 2.60. The molecule has 1 fully saturated rings. The van der Waals surface area contributed by atoms with Gasteiger partial charge in [0.25, 0.3) is 11.8 Å². The molecule has 7 rings (SSSR count). The fraction of sp³-hybridized carbons (Fsp3) is 0.317. The van der Waals surface area contributed by atoms with Gasteiger partial charge in [0, 0.05) is 46.7 Å². The van der Waals surface area contributed by atoms with Crippen LogP contribution in [-0.2, 0) is 28.2 Å². The Bertz CT molecular complexity index is 2140. The Balaban J connectivity index is 1.16.